The molecular weight excluding hydrogens is 301 g/mol. The minimum atomic E-state index is -1.39. The second-order valence-corrected chi connectivity index (χ2v) is 5.64. The number of piperidine rings is 1. The van der Waals surface area contributed by atoms with Gasteiger partial charge in [-0.3, -0.25) is 4.90 Å². The molecule has 2 heterocycles. The van der Waals surface area contributed by atoms with Crippen LogP contribution in [-0.4, -0.2) is 44.6 Å². The number of nitrogens with zero attached hydrogens (tertiary/aromatic N) is 2. The number of benzene rings is 1. The molecule has 7 heteroatoms. The number of likely N-dealkylation sites (tertiary alicyclic amines) is 1. The Bertz CT molecular complexity index is 667. The van der Waals surface area contributed by atoms with E-state index in [4.69, 9.17) is 4.74 Å². The number of nitrogens with one attached hydrogen (secondary N) is 1. The lowest BCUT2D eigenvalue weighted by atomic mass is 9.91. The number of imidazole rings is 1. The summed E-state index contributed by atoms with van der Waals surface area (Å²) in [4.78, 5) is 21.0. The van der Waals surface area contributed by atoms with Gasteiger partial charge in [-0.1, -0.05) is 12.1 Å². The van der Waals surface area contributed by atoms with Crippen molar-refractivity contribution in [1.82, 2.24) is 14.9 Å². The zero-order valence-electron chi connectivity index (χ0n) is 12.5. The molecule has 3 rings (SSSR count). The van der Waals surface area contributed by atoms with E-state index >= 15 is 0 Å². The molecule has 1 saturated heterocycles. The average molecular weight is 319 g/mol. The van der Waals surface area contributed by atoms with Crippen molar-refractivity contribution in [2.75, 3.05) is 13.1 Å². The van der Waals surface area contributed by atoms with Crippen molar-refractivity contribution in [2.24, 2.45) is 0 Å². The van der Waals surface area contributed by atoms with Crippen LogP contribution in [0.2, 0.25) is 0 Å². The van der Waals surface area contributed by atoms with E-state index in [1.807, 2.05) is 0 Å². The molecule has 1 aliphatic heterocycles. The number of para-hydroxylation sites is 1. The van der Waals surface area contributed by atoms with Gasteiger partial charge in [-0.05, 0) is 12.1 Å². The van der Waals surface area contributed by atoms with Crippen molar-refractivity contribution in [3.63, 3.8) is 0 Å². The molecule has 1 fully saturated rings. The highest BCUT2D eigenvalue weighted by molar-refractivity contribution is 5.78. The van der Waals surface area contributed by atoms with Crippen LogP contribution >= 0.6 is 0 Å². The van der Waals surface area contributed by atoms with Gasteiger partial charge in [0.15, 0.2) is 11.6 Å². The highest BCUT2D eigenvalue weighted by Gasteiger charge is 2.44. The van der Waals surface area contributed by atoms with Crippen LogP contribution in [0, 0.1) is 5.82 Å². The molecule has 0 unspecified atom stereocenters. The van der Waals surface area contributed by atoms with Crippen LogP contribution in [0.25, 0.3) is 0 Å². The molecule has 0 amide bonds. The Kier molecular flexibility index (Phi) is 4.29. The van der Waals surface area contributed by atoms with Crippen LogP contribution in [0.5, 0.6) is 5.75 Å². The lowest BCUT2D eigenvalue weighted by Crippen LogP contribution is -2.53. The largest absolute Gasteiger partial charge is 0.478 e. The summed E-state index contributed by atoms with van der Waals surface area (Å²) in [5, 5.41) is 9.60. The summed E-state index contributed by atoms with van der Waals surface area (Å²) in [6, 6.07) is 5.88. The number of carboxylic acids is 1. The second-order valence-electron chi connectivity index (χ2n) is 5.64. The molecule has 122 valence electrons. The maximum Gasteiger partial charge on any atom is 0.348 e. The van der Waals surface area contributed by atoms with E-state index in [-0.39, 0.29) is 18.6 Å². The topological polar surface area (TPSA) is 78.5 Å². The fraction of sp³-hybridized carbons (Fsp3) is 0.375. The van der Waals surface area contributed by atoms with E-state index in [9.17, 15) is 14.3 Å². The number of H-pyrrole nitrogens is 1. The minimum Gasteiger partial charge on any atom is -0.478 e. The highest BCUT2D eigenvalue weighted by Crippen LogP contribution is 2.31. The van der Waals surface area contributed by atoms with E-state index in [0.29, 0.717) is 19.6 Å². The maximum absolute atomic E-state index is 13.8. The molecule has 0 atom stereocenters. The molecule has 1 aromatic heterocycles. The molecule has 0 radical (unpaired) electrons. The lowest BCUT2D eigenvalue weighted by molar-refractivity contribution is -0.160. The van der Waals surface area contributed by atoms with Crippen LogP contribution in [0.3, 0.4) is 0 Å². The molecule has 0 aliphatic carbocycles. The van der Waals surface area contributed by atoms with Crippen molar-refractivity contribution in [3.05, 3.63) is 48.3 Å². The standard InChI is InChI=1S/C16H18FN3O3/c17-12-3-1-2-4-13(12)23-16(15(21)22)5-9-20(10-6-16)11-14-18-7-8-19-14/h1-4,7-8H,5-6,9-11H2,(H,18,19)(H,21,22). The third-order valence-electron chi connectivity index (χ3n) is 4.12. The summed E-state index contributed by atoms with van der Waals surface area (Å²) in [5.41, 5.74) is -1.39. The molecular formula is C16H18FN3O3. The Balaban J connectivity index is 1.69. The highest BCUT2D eigenvalue weighted by atomic mass is 19.1. The van der Waals surface area contributed by atoms with Gasteiger partial charge in [0, 0.05) is 38.3 Å². The number of halogens is 1. The number of rotatable bonds is 5. The van der Waals surface area contributed by atoms with Crippen molar-refractivity contribution in [2.45, 2.75) is 25.0 Å². The SMILES string of the molecule is O=C(O)C1(Oc2ccccc2F)CCN(Cc2ncc[nH]2)CC1. The van der Waals surface area contributed by atoms with Crippen LogP contribution in [0.4, 0.5) is 4.39 Å². The van der Waals surface area contributed by atoms with Gasteiger partial charge in [0.05, 0.1) is 6.54 Å². The van der Waals surface area contributed by atoms with E-state index in [1.165, 1.54) is 12.1 Å². The molecule has 0 bridgehead atoms. The van der Waals surface area contributed by atoms with Gasteiger partial charge in [0.25, 0.3) is 0 Å². The number of hydrogen-bond acceptors (Lipinski definition) is 4. The summed E-state index contributed by atoms with van der Waals surface area (Å²) in [7, 11) is 0. The summed E-state index contributed by atoms with van der Waals surface area (Å²) < 4.78 is 19.4. The fourth-order valence-corrected chi connectivity index (χ4v) is 2.77. The first-order chi connectivity index (χ1) is 11.1. The Morgan fingerprint density at radius 2 is 2.13 bits per heavy atom. The molecule has 6 nitrogen and oxygen atoms in total. The van der Waals surface area contributed by atoms with Gasteiger partial charge < -0.3 is 14.8 Å². The van der Waals surface area contributed by atoms with Crippen molar-refractivity contribution < 1.29 is 19.0 Å². The Morgan fingerprint density at radius 1 is 1.39 bits per heavy atom. The first-order valence-electron chi connectivity index (χ1n) is 7.47. The molecule has 1 aromatic carbocycles. The van der Waals surface area contributed by atoms with Crippen LogP contribution in [-0.2, 0) is 11.3 Å². The Morgan fingerprint density at radius 3 is 2.74 bits per heavy atom. The third kappa shape index (κ3) is 3.34. The number of aromatic nitrogens is 2. The smallest absolute Gasteiger partial charge is 0.348 e. The van der Waals surface area contributed by atoms with Gasteiger partial charge in [-0.2, -0.15) is 0 Å². The van der Waals surface area contributed by atoms with Gasteiger partial charge in [0.1, 0.15) is 5.82 Å². The molecule has 2 aromatic rings. The zero-order valence-corrected chi connectivity index (χ0v) is 12.5. The number of carbonyl (C=O) groups is 1. The number of ether oxygens (including phenoxy) is 1. The molecule has 0 saturated carbocycles. The quantitative estimate of drug-likeness (QED) is 0.882. The van der Waals surface area contributed by atoms with E-state index in [0.717, 1.165) is 5.82 Å². The second kappa shape index (κ2) is 6.37. The summed E-state index contributed by atoms with van der Waals surface area (Å²) in [6.07, 6.45) is 4.01. The van der Waals surface area contributed by atoms with Crippen LogP contribution in [0.15, 0.2) is 36.7 Å². The van der Waals surface area contributed by atoms with Crippen LogP contribution < -0.4 is 4.74 Å². The predicted molar refractivity (Wildman–Crippen MR) is 80.5 cm³/mol. The van der Waals surface area contributed by atoms with Crippen LogP contribution in [0.1, 0.15) is 18.7 Å². The number of hydrogen-bond donors (Lipinski definition) is 2. The normalized spacial score (nSPS) is 17.8. The number of carboxylic acid groups (broad SMARTS) is 1. The third-order valence-corrected chi connectivity index (χ3v) is 4.12. The average Bonchev–Trinajstić information content (AvgIpc) is 3.04. The van der Waals surface area contributed by atoms with Gasteiger partial charge in [0.2, 0.25) is 5.60 Å². The van der Waals surface area contributed by atoms with E-state index in [2.05, 4.69) is 14.9 Å². The molecule has 23 heavy (non-hydrogen) atoms. The van der Waals surface area contributed by atoms with Crippen molar-refractivity contribution in [1.29, 1.82) is 0 Å². The summed E-state index contributed by atoms with van der Waals surface area (Å²) in [6.45, 7) is 1.71. The lowest BCUT2D eigenvalue weighted by Gasteiger charge is -2.38. The molecule has 1 aliphatic rings. The van der Waals surface area contributed by atoms with E-state index in [1.54, 1.807) is 24.5 Å². The van der Waals surface area contributed by atoms with Gasteiger partial charge >= 0.3 is 5.97 Å². The number of aromatic amines is 1. The van der Waals surface area contributed by atoms with Gasteiger partial charge in [-0.15, -0.1) is 0 Å². The van der Waals surface area contributed by atoms with Crippen molar-refractivity contribution in [3.8, 4) is 5.75 Å². The Hall–Kier alpha value is -2.41. The monoisotopic (exact) mass is 319 g/mol. The first-order valence-corrected chi connectivity index (χ1v) is 7.47. The molecule has 0 spiro atoms. The first kappa shape index (κ1) is 15.5. The number of aliphatic carboxylic acids is 1. The maximum atomic E-state index is 13.8. The van der Waals surface area contributed by atoms with Crippen molar-refractivity contribution >= 4 is 5.97 Å². The zero-order chi connectivity index (χ0) is 16.3. The van der Waals surface area contributed by atoms with E-state index < -0.39 is 17.4 Å². The predicted octanol–water partition coefficient (Wildman–Crippen LogP) is 2.05. The fourth-order valence-electron chi connectivity index (χ4n) is 2.77. The Labute approximate surface area is 132 Å². The summed E-state index contributed by atoms with van der Waals surface area (Å²) >= 11 is 0. The summed E-state index contributed by atoms with van der Waals surface area (Å²) in [5.74, 6) is -0.790. The minimum absolute atomic E-state index is 0.0191. The molecule has 2 N–H and O–H groups in total. The van der Waals surface area contributed by atoms with Gasteiger partial charge in [-0.25, -0.2) is 14.2 Å².